The minimum atomic E-state index is -3.55. The van der Waals surface area contributed by atoms with E-state index in [9.17, 15) is 9.36 Å². The first-order valence-corrected chi connectivity index (χ1v) is 7.92. The van der Waals surface area contributed by atoms with E-state index in [1.165, 1.54) is 25.1 Å². The highest BCUT2D eigenvalue weighted by atomic mass is 127. The van der Waals surface area contributed by atoms with Gasteiger partial charge in [0.1, 0.15) is 5.30 Å². The van der Waals surface area contributed by atoms with Crippen LogP contribution in [0.4, 0.5) is 0 Å². The second-order valence-electron chi connectivity index (χ2n) is 3.64. The maximum absolute atomic E-state index is 12.2. The summed E-state index contributed by atoms with van der Waals surface area (Å²) in [5.74, 6) is 0. The molecule has 0 fully saturated rings. The van der Waals surface area contributed by atoms with Crippen molar-refractivity contribution in [3.05, 3.63) is 44.4 Å². The first-order chi connectivity index (χ1) is 9.01. The summed E-state index contributed by atoms with van der Waals surface area (Å²) < 4.78 is 24.2. The smallest absolute Gasteiger partial charge is 0.308 e. The van der Waals surface area contributed by atoms with E-state index in [2.05, 4.69) is 27.7 Å². The Morgan fingerprint density at radius 2 is 1.79 bits per heavy atom. The number of aromatic nitrogens is 2. The Bertz CT molecular complexity index is 669. The van der Waals surface area contributed by atoms with Crippen molar-refractivity contribution in [3.63, 3.8) is 0 Å². The van der Waals surface area contributed by atoms with Crippen LogP contribution in [0.2, 0.25) is 0 Å². The average molecular weight is 394 g/mol. The Labute approximate surface area is 123 Å². The molecule has 0 amide bonds. The topological polar surface area (TPSA) is 73.3 Å². The van der Waals surface area contributed by atoms with Crippen LogP contribution in [0.3, 0.4) is 0 Å². The van der Waals surface area contributed by atoms with Crippen molar-refractivity contribution in [2.75, 3.05) is 14.2 Å². The Morgan fingerprint density at radius 1 is 1.21 bits per heavy atom. The van der Waals surface area contributed by atoms with Gasteiger partial charge in [0, 0.05) is 24.0 Å². The minimum absolute atomic E-state index is 0.0175. The van der Waals surface area contributed by atoms with Crippen LogP contribution in [-0.2, 0) is 13.6 Å². The number of nitrogens with one attached hydrogen (secondary N) is 1. The van der Waals surface area contributed by atoms with Crippen molar-refractivity contribution < 1.29 is 13.6 Å². The zero-order valence-corrected chi connectivity index (χ0v) is 13.3. The van der Waals surface area contributed by atoms with Crippen molar-refractivity contribution in [3.8, 4) is 5.69 Å². The van der Waals surface area contributed by atoms with Crippen molar-refractivity contribution >= 4 is 35.5 Å². The summed E-state index contributed by atoms with van der Waals surface area (Å²) in [7, 11) is -1.06. The van der Waals surface area contributed by atoms with E-state index >= 15 is 0 Å². The van der Waals surface area contributed by atoms with Gasteiger partial charge in [-0.15, -0.1) is 0 Å². The quantitative estimate of drug-likeness (QED) is 0.635. The molecule has 1 heterocycles. The van der Waals surface area contributed by atoms with Crippen LogP contribution in [0.5, 0.6) is 0 Å². The number of aromatic amines is 1. The third-order valence-electron chi connectivity index (χ3n) is 2.61. The Hall–Kier alpha value is -0.890. The lowest BCUT2D eigenvalue weighted by Crippen LogP contribution is -2.28. The normalized spacial score (nSPS) is 11.7. The highest BCUT2D eigenvalue weighted by Gasteiger charge is 2.30. The van der Waals surface area contributed by atoms with Gasteiger partial charge >= 0.3 is 7.60 Å². The van der Waals surface area contributed by atoms with Gasteiger partial charge < -0.3 is 9.05 Å². The molecule has 0 bridgehead atoms. The molecule has 19 heavy (non-hydrogen) atoms. The number of halogens is 1. The molecule has 0 radical (unpaired) electrons. The third kappa shape index (κ3) is 2.69. The Morgan fingerprint density at radius 3 is 2.32 bits per heavy atom. The molecule has 1 aromatic heterocycles. The van der Waals surface area contributed by atoms with Gasteiger partial charge in [-0.25, -0.2) is 4.68 Å². The molecule has 8 heteroatoms. The van der Waals surface area contributed by atoms with Gasteiger partial charge in [-0.3, -0.25) is 14.5 Å². The van der Waals surface area contributed by atoms with Gasteiger partial charge in [0.2, 0.25) is 0 Å². The monoisotopic (exact) mass is 394 g/mol. The molecular weight excluding hydrogens is 382 g/mol. The molecule has 0 unspecified atom stereocenters. The van der Waals surface area contributed by atoms with Gasteiger partial charge in [-0.05, 0) is 46.9 Å². The highest BCUT2D eigenvalue weighted by Crippen LogP contribution is 2.43. The van der Waals surface area contributed by atoms with Crippen molar-refractivity contribution in [1.82, 2.24) is 9.78 Å². The van der Waals surface area contributed by atoms with E-state index < -0.39 is 13.2 Å². The van der Waals surface area contributed by atoms with E-state index in [4.69, 9.17) is 9.05 Å². The highest BCUT2D eigenvalue weighted by molar-refractivity contribution is 14.1. The molecule has 102 valence electrons. The lowest BCUT2D eigenvalue weighted by Gasteiger charge is -2.09. The number of nitrogens with zero attached hydrogens (tertiary/aromatic N) is 1. The summed E-state index contributed by atoms with van der Waals surface area (Å²) in [6.07, 6.45) is 1.34. The molecule has 6 nitrogen and oxygen atoms in total. The average Bonchev–Trinajstić information content (AvgIpc) is 2.81. The van der Waals surface area contributed by atoms with Crippen LogP contribution in [-0.4, -0.2) is 24.0 Å². The van der Waals surface area contributed by atoms with Gasteiger partial charge in [0.15, 0.2) is 0 Å². The fourth-order valence-electron chi connectivity index (χ4n) is 1.61. The molecule has 0 saturated heterocycles. The fraction of sp³-hybridized carbons (Fsp3) is 0.182. The van der Waals surface area contributed by atoms with Gasteiger partial charge in [-0.1, -0.05) is 0 Å². The second-order valence-corrected chi connectivity index (χ2v) is 7.09. The fourth-order valence-corrected chi connectivity index (χ4v) is 3.06. The van der Waals surface area contributed by atoms with Crippen molar-refractivity contribution in [2.24, 2.45) is 0 Å². The zero-order valence-electron chi connectivity index (χ0n) is 10.3. The summed E-state index contributed by atoms with van der Waals surface area (Å²) in [6, 6.07) is 7.31. The SMILES string of the molecule is COP(=O)(OC)c1c[nH]n(-c2ccc(I)cc2)c1=O. The summed E-state index contributed by atoms with van der Waals surface area (Å²) in [4.78, 5) is 12.2. The second kappa shape index (κ2) is 5.62. The predicted molar refractivity (Wildman–Crippen MR) is 80.4 cm³/mol. The number of hydrogen-bond acceptors (Lipinski definition) is 4. The zero-order chi connectivity index (χ0) is 14.0. The third-order valence-corrected chi connectivity index (χ3v) is 5.20. The van der Waals surface area contributed by atoms with Crippen LogP contribution in [0.25, 0.3) is 5.69 Å². The Kier molecular flexibility index (Phi) is 4.29. The molecule has 0 saturated carbocycles. The lowest BCUT2D eigenvalue weighted by molar-refractivity contribution is 0.287. The van der Waals surface area contributed by atoms with E-state index in [1.54, 1.807) is 12.1 Å². The lowest BCUT2D eigenvalue weighted by atomic mass is 10.3. The van der Waals surface area contributed by atoms with E-state index in [0.29, 0.717) is 5.69 Å². The van der Waals surface area contributed by atoms with Gasteiger partial charge in [0.05, 0.1) is 5.69 Å². The van der Waals surface area contributed by atoms with E-state index in [0.717, 1.165) is 3.57 Å². The predicted octanol–water partition coefficient (Wildman–Crippen LogP) is 1.88. The number of benzene rings is 1. The van der Waals surface area contributed by atoms with E-state index in [1.807, 2.05) is 12.1 Å². The Balaban J connectivity index is 2.53. The molecule has 0 atom stereocenters. The molecule has 0 spiro atoms. The minimum Gasteiger partial charge on any atom is -0.308 e. The first-order valence-electron chi connectivity index (χ1n) is 5.30. The number of hydrogen-bond donors (Lipinski definition) is 1. The number of H-pyrrole nitrogens is 1. The molecule has 2 aromatic rings. The molecule has 0 aliphatic heterocycles. The molecular formula is C11H12IN2O4P. The summed E-state index contributed by atoms with van der Waals surface area (Å²) in [6.45, 7) is 0. The molecule has 0 aliphatic rings. The van der Waals surface area contributed by atoms with E-state index in [-0.39, 0.29) is 5.30 Å². The van der Waals surface area contributed by atoms with Crippen molar-refractivity contribution in [1.29, 1.82) is 0 Å². The summed E-state index contributed by atoms with van der Waals surface area (Å²) in [5, 5.41) is 2.74. The summed E-state index contributed by atoms with van der Waals surface area (Å²) >= 11 is 2.17. The molecule has 0 aliphatic carbocycles. The maximum atomic E-state index is 12.2. The molecule has 2 rings (SSSR count). The van der Waals surface area contributed by atoms with Gasteiger partial charge in [0.25, 0.3) is 5.56 Å². The van der Waals surface area contributed by atoms with Gasteiger partial charge in [-0.2, -0.15) is 0 Å². The standard InChI is InChI=1S/C11H12IN2O4P/c1-17-19(16,18-2)10-7-13-14(11(10)15)9-5-3-8(12)4-6-9/h3-7,13H,1-2H3. The van der Waals surface area contributed by atoms with Crippen LogP contribution in [0, 0.1) is 3.57 Å². The van der Waals surface area contributed by atoms with Crippen LogP contribution < -0.4 is 10.9 Å². The molecule has 1 aromatic carbocycles. The number of rotatable bonds is 4. The summed E-state index contributed by atoms with van der Waals surface area (Å²) in [5.41, 5.74) is 0.198. The molecule has 1 N–H and O–H groups in total. The van der Waals surface area contributed by atoms with Crippen LogP contribution in [0.1, 0.15) is 0 Å². The van der Waals surface area contributed by atoms with Crippen LogP contribution in [0.15, 0.2) is 35.3 Å². The maximum Gasteiger partial charge on any atom is 0.368 e. The largest absolute Gasteiger partial charge is 0.368 e. The first kappa shape index (κ1) is 14.5. The van der Waals surface area contributed by atoms with Crippen molar-refractivity contribution in [2.45, 2.75) is 0 Å². The van der Waals surface area contributed by atoms with Crippen LogP contribution >= 0.6 is 30.2 Å².